The lowest BCUT2D eigenvalue weighted by molar-refractivity contribution is 0.409. The highest BCUT2D eigenvalue weighted by atomic mass is 16.5. The largest absolute Gasteiger partial charge is 0.496 e. The van der Waals surface area contributed by atoms with E-state index < -0.39 is 0 Å². The van der Waals surface area contributed by atoms with Gasteiger partial charge in [0.1, 0.15) is 5.75 Å². The van der Waals surface area contributed by atoms with Gasteiger partial charge in [-0.15, -0.1) is 6.58 Å². The van der Waals surface area contributed by atoms with E-state index in [-0.39, 0.29) is 0 Å². The van der Waals surface area contributed by atoms with Crippen molar-refractivity contribution in [2.45, 2.75) is 20.3 Å². The zero-order chi connectivity index (χ0) is 14.8. The molecule has 0 spiro atoms. The van der Waals surface area contributed by atoms with Crippen molar-refractivity contribution in [1.29, 1.82) is 0 Å². The molecule has 0 aliphatic heterocycles. The SMILES string of the molecule is C=CCNC(=NCCc1cc(C)ccc1OC)NCC. The molecule has 0 fully saturated rings. The molecule has 1 rings (SSSR count). The highest BCUT2D eigenvalue weighted by Gasteiger charge is 2.03. The maximum absolute atomic E-state index is 5.38. The van der Waals surface area contributed by atoms with Crippen LogP contribution in [0.5, 0.6) is 5.75 Å². The first-order valence-corrected chi connectivity index (χ1v) is 6.97. The Hall–Kier alpha value is -1.97. The van der Waals surface area contributed by atoms with Crippen molar-refractivity contribution in [3.63, 3.8) is 0 Å². The smallest absolute Gasteiger partial charge is 0.191 e. The van der Waals surface area contributed by atoms with Crippen molar-refractivity contribution < 1.29 is 4.74 Å². The molecule has 0 aromatic heterocycles. The van der Waals surface area contributed by atoms with Gasteiger partial charge in [0, 0.05) is 19.6 Å². The van der Waals surface area contributed by atoms with Crippen LogP contribution in [0.2, 0.25) is 0 Å². The molecule has 0 heterocycles. The first-order chi connectivity index (χ1) is 9.71. The second-order valence-corrected chi connectivity index (χ2v) is 4.50. The molecule has 4 nitrogen and oxygen atoms in total. The topological polar surface area (TPSA) is 45.7 Å². The maximum atomic E-state index is 5.38. The third-order valence-electron chi connectivity index (χ3n) is 2.85. The lowest BCUT2D eigenvalue weighted by Crippen LogP contribution is -2.37. The van der Waals surface area contributed by atoms with E-state index in [0.717, 1.165) is 24.7 Å². The van der Waals surface area contributed by atoms with Crippen LogP contribution < -0.4 is 15.4 Å². The highest BCUT2D eigenvalue weighted by Crippen LogP contribution is 2.19. The Morgan fingerprint density at radius 2 is 2.20 bits per heavy atom. The molecule has 0 aliphatic carbocycles. The number of nitrogens with zero attached hydrogens (tertiary/aromatic N) is 1. The van der Waals surface area contributed by atoms with E-state index in [1.54, 1.807) is 7.11 Å². The zero-order valence-electron chi connectivity index (χ0n) is 12.7. The van der Waals surface area contributed by atoms with E-state index >= 15 is 0 Å². The van der Waals surface area contributed by atoms with Gasteiger partial charge in [-0.2, -0.15) is 0 Å². The first-order valence-electron chi connectivity index (χ1n) is 6.97. The predicted molar refractivity (Wildman–Crippen MR) is 85.6 cm³/mol. The van der Waals surface area contributed by atoms with Gasteiger partial charge in [-0.3, -0.25) is 4.99 Å². The van der Waals surface area contributed by atoms with Gasteiger partial charge in [-0.25, -0.2) is 0 Å². The van der Waals surface area contributed by atoms with Crippen LogP contribution in [0.15, 0.2) is 35.8 Å². The quantitative estimate of drug-likeness (QED) is 0.456. The number of rotatable bonds is 7. The van der Waals surface area contributed by atoms with Gasteiger partial charge < -0.3 is 15.4 Å². The van der Waals surface area contributed by atoms with E-state index in [1.807, 2.05) is 12.1 Å². The molecule has 1 aromatic rings. The Kier molecular flexibility index (Phi) is 7.25. The van der Waals surface area contributed by atoms with Gasteiger partial charge in [0.15, 0.2) is 5.96 Å². The number of hydrogen-bond acceptors (Lipinski definition) is 2. The number of ether oxygens (including phenoxy) is 1. The van der Waals surface area contributed by atoms with Crippen LogP contribution in [-0.2, 0) is 6.42 Å². The Labute approximate surface area is 121 Å². The Bertz CT molecular complexity index is 455. The minimum atomic E-state index is 0.708. The minimum Gasteiger partial charge on any atom is -0.496 e. The third-order valence-corrected chi connectivity index (χ3v) is 2.85. The van der Waals surface area contributed by atoms with Crippen molar-refractivity contribution >= 4 is 5.96 Å². The number of aryl methyl sites for hydroxylation is 1. The highest BCUT2D eigenvalue weighted by molar-refractivity contribution is 5.79. The molecule has 0 aliphatic rings. The van der Waals surface area contributed by atoms with Crippen LogP contribution in [0, 0.1) is 6.92 Å². The van der Waals surface area contributed by atoms with Crippen LogP contribution in [0.4, 0.5) is 0 Å². The van der Waals surface area contributed by atoms with Crippen LogP contribution in [-0.4, -0.2) is 32.7 Å². The van der Waals surface area contributed by atoms with Gasteiger partial charge in [-0.1, -0.05) is 23.8 Å². The second-order valence-electron chi connectivity index (χ2n) is 4.50. The molecule has 4 heteroatoms. The fraction of sp³-hybridized carbons (Fsp3) is 0.438. The van der Waals surface area contributed by atoms with Crippen molar-refractivity contribution in [3.05, 3.63) is 42.0 Å². The molecule has 0 bridgehead atoms. The Morgan fingerprint density at radius 1 is 1.40 bits per heavy atom. The fourth-order valence-electron chi connectivity index (χ4n) is 1.90. The maximum Gasteiger partial charge on any atom is 0.191 e. The standard InChI is InChI=1S/C16H25N3O/c1-5-10-18-16(17-6-2)19-11-9-14-12-13(3)7-8-15(14)20-4/h5,7-8,12H,1,6,9-11H2,2-4H3,(H2,17,18,19). The molecule has 0 atom stereocenters. The summed E-state index contributed by atoms with van der Waals surface area (Å²) in [5, 5.41) is 6.39. The molecular weight excluding hydrogens is 250 g/mol. The van der Waals surface area contributed by atoms with Gasteiger partial charge in [0.25, 0.3) is 0 Å². The monoisotopic (exact) mass is 275 g/mol. The molecule has 0 saturated carbocycles. The molecule has 1 aromatic carbocycles. The summed E-state index contributed by atoms with van der Waals surface area (Å²) in [6, 6.07) is 6.22. The molecule has 0 saturated heterocycles. The number of benzene rings is 1. The molecule has 0 radical (unpaired) electrons. The number of hydrogen-bond donors (Lipinski definition) is 2. The molecular formula is C16H25N3O. The summed E-state index contributed by atoms with van der Waals surface area (Å²) in [5.41, 5.74) is 2.43. The summed E-state index contributed by atoms with van der Waals surface area (Å²) >= 11 is 0. The number of nitrogens with one attached hydrogen (secondary N) is 2. The van der Waals surface area contributed by atoms with Crippen molar-refractivity contribution in [2.24, 2.45) is 4.99 Å². The summed E-state index contributed by atoms with van der Waals surface area (Å²) in [5.74, 6) is 1.74. The average molecular weight is 275 g/mol. The van der Waals surface area contributed by atoms with E-state index in [2.05, 4.69) is 48.2 Å². The molecule has 0 unspecified atom stereocenters. The third kappa shape index (κ3) is 5.34. The van der Waals surface area contributed by atoms with Gasteiger partial charge in [0.2, 0.25) is 0 Å². The van der Waals surface area contributed by atoms with Crippen LogP contribution >= 0.6 is 0 Å². The van der Waals surface area contributed by atoms with Crippen LogP contribution in [0.3, 0.4) is 0 Å². The van der Waals surface area contributed by atoms with Gasteiger partial charge in [0.05, 0.1) is 7.11 Å². The number of aliphatic imine (C=N–C) groups is 1. The predicted octanol–water partition coefficient (Wildman–Crippen LogP) is 2.29. The summed E-state index contributed by atoms with van der Waals surface area (Å²) < 4.78 is 5.38. The van der Waals surface area contributed by atoms with E-state index in [9.17, 15) is 0 Å². The van der Waals surface area contributed by atoms with E-state index in [4.69, 9.17) is 4.74 Å². The lowest BCUT2D eigenvalue weighted by Gasteiger charge is -2.11. The summed E-state index contributed by atoms with van der Waals surface area (Å²) in [6.45, 7) is 10.1. The Balaban J connectivity index is 2.64. The molecule has 2 N–H and O–H groups in total. The summed E-state index contributed by atoms with van der Waals surface area (Å²) in [6.07, 6.45) is 2.67. The van der Waals surface area contributed by atoms with Gasteiger partial charge in [-0.05, 0) is 31.9 Å². The zero-order valence-corrected chi connectivity index (χ0v) is 12.7. The molecule has 110 valence electrons. The van der Waals surface area contributed by atoms with E-state index in [0.29, 0.717) is 13.1 Å². The minimum absolute atomic E-state index is 0.708. The normalized spacial score (nSPS) is 11.1. The second kappa shape index (κ2) is 9.02. The summed E-state index contributed by atoms with van der Waals surface area (Å²) in [7, 11) is 1.70. The van der Waals surface area contributed by atoms with E-state index in [1.165, 1.54) is 11.1 Å². The fourth-order valence-corrected chi connectivity index (χ4v) is 1.90. The van der Waals surface area contributed by atoms with Crippen molar-refractivity contribution in [3.8, 4) is 5.75 Å². The first kappa shape index (κ1) is 16.1. The molecule has 0 amide bonds. The van der Waals surface area contributed by atoms with Crippen LogP contribution in [0.25, 0.3) is 0 Å². The van der Waals surface area contributed by atoms with Crippen molar-refractivity contribution in [1.82, 2.24) is 10.6 Å². The number of guanidine groups is 1. The lowest BCUT2D eigenvalue weighted by atomic mass is 10.1. The summed E-state index contributed by atoms with van der Waals surface area (Å²) in [4.78, 5) is 4.54. The van der Waals surface area contributed by atoms with Gasteiger partial charge >= 0.3 is 0 Å². The van der Waals surface area contributed by atoms with Crippen LogP contribution in [0.1, 0.15) is 18.1 Å². The number of methoxy groups -OCH3 is 1. The van der Waals surface area contributed by atoms with Crippen molar-refractivity contribution in [2.75, 3.05) is 26.7 Å². The average Bonchev–Trinajstić information content (AvgIpc) is 2.45. The Morgan fingerprint density at radius 3 is 2.85 bits per heavy atom. The molecule has 20 heavy (non-hydrogen) atoms.